The summed E-state index contributed by atoms with van der Waals surface area (Å²) in [6.45, 7) is 1.98. The summed E-state index contributed by atoms with van der Waals surface area (Å²) >= 11 is 6.06. The molecule has 154 valence electrons. The van der Waals surface area contributed by atoms with E-state index in [1.165, 1.54) is 12.1 Å². The van der Waals surface area contributed by atoms with Crippen molar-refractivity contribution in [1.29, 1.82) is 0 Å². The molecule has 10 heteroatoms. The Morgan fingerprint density at radius 1 is 1.32 bits per heavy atom. The van der Waals surface area contributed by atoms with Gasteiger partial charge < -0.3 is 25.6 Å². The van der Waals surface area contributed by atoms with Gasteiger partial charge in [0.05, 0.1) is 34.7 Å². The van der Waals surface area contributed by atoms with Crippen LogP contribution in [-0.2, 0) is 14.6 Å². The average Bonchev–Trinajstić information content (AvgIpc) is 3.02. The molecule has 2 aliphatic rings. The molecule has 0 radical (unpaired) electrons. The van der Waals surface area contributed by atoms with E-state index in [9.17, 15) is 23.4 Å². The number of urea groups is 1. The summed E-state index contributed by atoms with van der Waals surface area (Å²) in [7, 11) is -4.15. The molecule has 1 aliphatic carbocycles. The van der Waals surface area contributed by atoms with Crippen LogP contribution in [0.5, 0.6) is 5.75 Å². The lowest BCUT2D eigenvalue weighted by molar-refractivity contribution is -0.00261. The van der Waals surface area contributed by atoms with Crippen LogP contribution in [0.4, 0.5) is 10.5 Å². The van der Waals surface area contributed by atoms with Gasteiger partial charge in [0, 0.05) is 6.61 Å². The molecule has 8 nitrogen and oxygen atoms in total. The van der Waals surface area contributed by atoms with Gasteiger partial charge in [0.1, 0.15) is 4.90 Å². The third kappa shape index (κ3) is 4.12. The second-order valence-electron chi connectivity index (χ2n) is 6.96. The number of carbonyl (C=O) groups excluding carboxylic acids is 1. The molecule has 1 aromatic carbocycles. The second-order valence-corrected chi connectivity index (χ2v) is 9.47. The van der Waals surface area contributed by atoms with Crippen molar-refractivity contribution in [2.24, 2.45) is 0 Å². The highest BCUT2D eigenvalue weighted by Gasteiger charge is 2.39. The van der Waals surface area contributed by atoms with Gasteiger partial charge in [0.2, 0.25) is 0 Å². The highest BCUT2D eigenvalue weighted by molar-refractivity contribution is 7.92. The van der Waals surface area contributed by atoms with Crippen LogP contribution < -0.4 is 10.6 Å². The molecule has 1 heterocycles. The van der Waals surface area contributed by atoms with Crippen molar-refractivity contribution in [1.82, 2.24) is 5.32 Å². The Morgan fingerprint density at radius 2 is 2.07 bits per heavy atom. The maximum atomic E-state index is 13.0. The van der Waals surface area contributed by atoms with E-state index in [4.69, 9.17) is 16.3 Å². The standard InChI is InChI=1S/C18H23ClN2O6S/c1-10-3-2-4-12(10)20-18(24)21-13-6-5-11(19)17(16(13)23)28(25,26)15-7-8-27-9-14(15)22/h3,5-6,12,14-15,22-23H,2,4,7-9H2,1H3,(H2,20,21,24)/t12-,14-,15+/m1/s1. The summed E-state index contributed by atoms with van der Waals surface area (Å²) in [4.78, 5) is 11.8. The Labute approximate surface area is 168 Å². The maximum Gasteiger partial charge on any atom is 0.319 e. The highest BCUT2D eigenvalue weighted by Crippen LogP contribution is 2.40. The van der Waals surface area contributed by atoms with Gasteiger partial charge in [-0.3, -0.25) is 0 Å². The lowest BCUT2D eigenvalue weighted by Gasteiger charge is -2.28. The zero-order valence-electron chi connectivity index (χ0n) is 15.3. The van der Waals surface area contributed by atoms with Gasteiger partial charge in [-0.05, 0) is 38.3 Å². The number of ether oxygens (including phenoxy) is 1. The molecule has 1 aliphatic heterocycles. The molecule has 2 amide bonds. The number of aromatic hydroxyl groups is 1. The molecular formula is C18H23ClN2O6S. The molecule has 1 fully saturated rings. The van der Waals surface area contributed by atoms with E-state index in [0.29, 0.717) is 0 Å². The van der Waals surface area contributed by atoms with Gasteiger partial charge in [0.25, 0.3) is 0 Å². The first-order valence-electron chi connectivity index (χ1n) is 8.97. The number of halogens is 1. The van der Waals surface area contributed by atoms with Crippen LogP contribution in [-0.4, -0.2) is 55.3 Å². The lowest BCUT2D eigenvalue weighted by atomic mass is 10.2. The number of anilines is 1. The Kier molecular flexibility index (Phi) is 6.18. The zero-order valence-corrected chi connectivity index (χ0v) is 16.9. The second kappa shape index (κ2) is 8.28. The number of hydrogen-bond donors (Lipinski definition) is 4. The summed E-state index contributed by atoms with van der Waals surface area (Å²) in [6.07, 6.45) is 2.54. The Bertz CT molecular complexity index is 902. The number of sulfone groups is 1. The van der Waals surface area contributed by atoms with Gasteiger partial charge >= 0.3 is 6.03 Å². The largest absolute Gasteiger partial charge is 0.504 e. The zero-order chi connectivity index (χ0) is 20.5. The number of phenols is 1. The van der Waals surface area contributed by atoms with E-state index in [-0.39, 0.29) is 36.4 Å². The number of hydrogen-bond acceptors (Lipinski definition) is 6. The minimum absolute atomic E-state index is 0.0741. The van der Waals surface area contributed by atoms with E-state index < -0.39 is 37.9 Å². The maximum absolute atomic E-state index is 13.0. The van der Waals surface area contributed by atoms with Crippen molar-refractivity contribution < 1.29 is 28.2 Å². The lowest BCUT2D eigenvalue weighted by Crippen LogP contribution is -2.42. The number of aliphatic hydroxyl groups excluding tert-OH is 1. The van der Waals surface area contributed by atoms with Crippen LogP contribution in [0.3, 0.4) is 0 Å². The third-order valence-corrected chi connectivity index (χ3v) is 7.81. The normalized spacial score (nSPS) is 25.2. The van der Waals surface area contributed by atoms with E-state index in [1.807, 2.05) is 13.0 Å². The molecule has 4 N–H and O–H groups in total. The quantitative estimate of drug-likeness (QED) is 0.428. The topological polar surface area (TPSA) is 125 Å². The smallest absolute Gasteiger partial charge is 0.319 e. The van der Waals surface area contributed by atoms with Crippen LogP contribution in [0.15, 0.2) is 28.7 Å². The van der Waals surface area contributed by atoms with Crippen molar-refractivity contribution in [2.75, 3.05) is 18.5 Å². The molecule has 0 aromatic heterocycles. The minimum Gasteiger partial charge on any atom is -0.504 e. The summed E-state index contributed by atoms with van der Waals surface area (Å²) in [5.74, 6) is -0.653. The molecule has 3 atom stereocenters. The number of amides is 2. The van der Waals surface area contributed by atoms with Crippen molar-refractivity contribution in [3.05, 3.63) is 28.8 Å². The van der Waals surface area contributed by atoms with Gasteiger partial charge in [-0.2, -0.15) is 0 Å². The number of phenolic OH excluding ortho intramolecular Hbond substituents is 1. The van der Waals surface area contributed by atoms with Crippen LogP contribution >= 0.6 is 11.6 Å². The molecular weight excluding hydrogens is 408 g/mol. The number of carbonyl (C=O) groups is 1. The van der Waals surface area contributed by atoms with Crippen molar-refractivity contribution >= 4 is 33.2 Å². The molecule has 0 bridgehead atoms. The van der Waals surface area contributed by atoms with E-state index in [2.05, 4.69) is 10.6 Å². The Hall–Kier alpha value is -1.81. The number of allylic oxidation sites excluding steroid dienone is 1. The Balaban J connectivity index is 1.85. The molecule has 0 spiro atoms. The fraction of sp³-hybridized carbons (Fsp3) is 0.500. The molecule has 1 saturated heterocycles. The van der Waals surface area contributed by atoms with Gasteiger partial charge in [-0.25, -0.2) is 13.2 Å². The fourth-order valence-corrected chi connectivity index (χ4v) is 5.88. The first kappa shape index (κ1) is 20.9. The summed E-state index contributed by atoms with van der Waals surface area (Å²) < 4.78 is 31.1. The number of benzene rings is 1. The minimum atomic E-state index is -4.15. The van der Waals surface area contributed by atoms with Crippen LogP contribution in [0.2, 0.25) is 5.02 Å². The van der Waals surface area contributed by atoms with E-state index >= 15 is 0 Å². The first-order valence-corrected chi connectivity index (χ1v) is 10.9. The predicted octanol–water partition coefficient (Wildman–Crippen LogP) is 2.20. The highest BCUT2D eigenvalue weighted by atomic mass is 35.5. The summed E-state index contributed by atoms with van der Waals surface area (Å²) in [5, 5.41) is 24.5. The number of nitrogens with one attached hydrogen (secondary N) is 2. The number of aliphatic hydroxyl groups is 1. The molecule has 1 aromatic rings. The van der Waals surface area contributed by atoms with Crippen LogP contribution in [0.1, 0.15) is 26.2 Å². The van der Waals surface area contributed by atoms with Crippen molar-refractivity contribution in [3.8, 4) is 5.75 Å². The van der Waals surface area contributed by atoms with Crippen molar-refractivity contribution in [2.45, 2.75) is 48.5 Å². The van der Waals surface area contributed by atoms with Crippen molar-refractivity contribution in [3.63, 3.8) is 0 Å². The fourth-order valence-electron chi connectivity index (χ4n) is 3.48. The summed E-state index contributed by atoms with van der Waals surface area (Å²) in [5.41, 5.74) is 0.967. The van der Waals surface area contributed by atoms with Gasteiger partial charge in [-0.1, -0.05) is 23.3 Å². The average molecular weight is 431 g/mol. The molecule has 3 rings (SSSR count). The molecule has 0 saturated carbocycles. The summed E-state index contributed by atoms with van der Waals surface area (Å²) in [6, 6.07) is 1.95. The first-order chi connectivity index (χ1) is 13.2. The van der Waals surface area contributed by atoms with Gasteiger partial charge in [0.15, 0.2) is 15.6 Å². The monoisotopic (exact) mass is 430 g/mol. The molecule has 28 heavy (non-hydrogen) atoms. The van der Waals surface area contributed by atoms with E-state index in [0.717, 1.165) is 18.4 Å². The molecule has 0 unspecified atom stereocenters. The predicted molar refractivity (Wildman–Crippen MR) is 104 cm³/mol. The third-order valence-electron chi connectivity index (χ3n) is 5.06. The SMILES string of the molecule is CC1=CCC[C@H]1NC(=O)Nc1ccc(Cl)c(S(=O)(=O)[C@H]2CCOC[C@H]2O)c1O. The van der Waals surface area contributed by atoms with Crippen LogP contribution in [0.25, 0.3) is 0 Å². The van der Waals surface area contributed by atoms with Crippen LogP contribution in [0, 0.1) is 0 Å². The number of rotatable bonds is 4. The van der Waals surface area contributed by atoms with E-state index in [1.54, 1.807) is 0 Å². The van der Waals surface area contributed by atoms with Gasteiger partial charge in [-0.15, -0.1) is 0 Å². The Morgan fingerprint density at radius 3 is 2.71 bits per heavy atom.